The summed E-state index contributed by atoms with van der Waals surface area (Å²) in [5.41, 5.74) is 0.343. The van der Waals surface area contributed by atoms with E-state index < -0.39 is 23.0 Å². The van der Waals surface area contributed by atoms with Gasteiger partial charge in [-0.25, -0.2) is 0 Å². The van der Waals surface area contributed by atoms with Gasteiger partial charge in [-0.15, -0.1) is 0 Å². The Morgan fingerprint density at radius 1 is 1.16 bits per heavy atom. The van der Waals surface area contributed by atoms with Crippen molar-refractivity contribution in [2.24, 2.45) is 5.41 Å². The maximum Gasteiger partial charge on any atom is 0.238 e. The fourth-order valence-corrected chi connectivity index (χ4v) is 6.62. The molecule has 1 heterocycles. The molecule has 0 bridgehead atoms. The van der Waals surface area contributed by atoms with E-state index in [0.717, 1.165) is 23.1 Å². The van der Waals surface area contributed by atoms with Crippen molar-refractivity contribution >= 4 is 41.1 Å². The van der Waals surface area contributed by atoms with E-state index in [1.165, 1.54) is 0 Å². The van der Waals surface area contributed by atoms with Gasteiger partial charge in [0.15, 0.2) is 0 Å². The average Bonchev–Trinajstić information content (AvgIpc) is 3.11. The molecule has 4 unspecified atom stereocenters. The molecule has 1 saturated carbocycles. The van der Waals surface area contributed by atoms with Gasteiger partial charge in [-0.05, 0) is 67.0 Å². The summed E-state index contributed by atoms with van der Waals surface area (Å²) in [7, 11) is 1.80. The third kappa shape index (κ3) is 5.53. The largest absolute Gasteiger partial charge is 0.390 e. The maximum atomic E-state index is 13.8. The standard InChI is InChI=1S/C29H37Cl2N3O3/c1-27(2,3)15-23-29(16-35,21-10-9-19(31)12-22(21)32-5)24(17-7-6-8-18(30)11-17)25(34-23)26(36)33-20-13-28(4,37)14-20/h6-12,16,20,23-25,32,34,37H,13-15H2,1-5H3,(H,33,36). The van der Waals surface area contributed by atoms with E-state index >= 15 is 0 Å². The lowest BCUT2D eigenvalue weighted by Crippen LogP contribution is -2.57. The first-order valence-electron chi connectivity index (χ1n) is 12.8. The summed E-state index contributed by atoms with van der Waals surface area (Å²) in [5.74, 6) is -0.724. The lowest BCUT2D eigenvalue weighted by molar-refractivity contribution is -0.127. The van der Waals surface area contributed by atoms with Crippen LogP contribution in [0.5, 0.6) is 0 Å². The second kappa shape index (κ2) is 10.2. The average molecular weight is 547 g/mol. The number of anilines is 1. The van der Waals surface area contributed by atoms with Crippen molar-refractivity contribution in [3.63, 3.8) is 0 Å². The highest BCUT2D eigenvalue weighted by atomic mass is 35.5. The zero-order valence-electron chi connectivity index (χ0n) is 22.1. The molecular weight excluding hydrogens is 509 g/mol. The second-order valence-corrected chi connectivity index (χ2v) is 13.0. The van der Waals surface area contributed by atoms with E-state index in [4.69, 9.17) is 23.2 Å². The zero-order valence-corrected chi connectivity index (χ0v) is 23.6. The molecule has 2 aromatic rings. The van der Waals surface area contributed by atoms with Crippen molar-refractivity contribution < 1.29 is 14.7 Å². The number of amides is 1. The van der Waals surface area contributed by atoms with Crippen molar-refractivity contribution in [2.75, 3.05) is 12.4 Å². The highest BCUT2D eigenvalue weighted by molar-refractivity contribution is 6.31. The number of benzene rings is 2. The quantitative estimate of drug-likeness (QED) is 0.365. The van der Waals surface area contributed by atoms with Crippen LogP contribution in [0.3, 0.4) is 0 Å². The van der Waals surface area contributed by atoms with Crippen LogP contribution in [0, 0.1) is 5.41 Å². The molecule has 1 saturated heterocycles. The minimum atomic E-state index is -1.09. The van der Waals surface area contributed by atoms with Crippen molar-refractivity contribution in [3.8, 4) is 0 Å². The molecule has 2 aliphatic rings. The number of aliphatic hydroxyl groups is 1. The summed E-state index contributed by atoms with van der Waals surface area (Å²) in [6, 6.07) is 11.8. The van der Waals surface area contributed by atoms with Gasteiger partial charge in [0.1, 0.15) is 6.29 Å². The molecule has 1 aliphatic carbocycles. The first-order chi connectivity index (χ1) is 17.3. The smallest absolute Gasteiger partial charge is 0.238 e. The predicted octanol–water partition coefficient (Wildman–Crippen LogP) is 5.06. The van der Waals surface area contributed by atoms with Crippen molar-refractivity contribution in [1.82, 2.24) is 10.6 Å². The van der Waals surface area contributed by atoms with Crippen LogP contribution in [0.15, 0.2) is 42.5 Å². The molecule has 0 aromatic heterocycles. The maximum absolute atomic E-state index is 13.8. The Labute approximate surface area is 229 Å². The molecule has 2 fully saturated rings. The van der Waals surface area contributed by atoms with Crippen molar-refractivity contribution in [2.45, 2.75) is 82.0 Å². The van der Waals surface area contributed by atoms with E-state index in [1.54, 1.807) is 26.1 Å². The normalized spacial score (nSPS) is 31.5. The highest BCUT2D eigenvalue weighted by Crippen LogP contribution is 2.52. The number of hydrogen-bond acceptors (Lipinski definition) is 5. The molecule has 8 heteroatoms. The SMILES string of the molecule is CNc1cc(Cl)ccc1C1(C=O)C(CC(C)(C)C)NC(C(=O)NC2CC(C)(O)C2)C1c1cccc(Cl)c1. The molecule has 4 rings (SSSR count). The van der Waals surface area contributed by atoms with Gasteiger partial charge in [-0.2, -0.15) is 0 Å². The van der Waals surface area contributed by atoms with Gasteiger partial charge >= 0.3 is 0 Å². The van der Waals surface area contributed by atoms with Crippen LogP contribution in [0.25, 0.3) is 0 Å². The van der Waals surface area contributed by atoms with E-state index in [2.05, 4.69) is 36.7 Å². The molecular formula is C29H37Cl2N3O3. The summed E-state index contributed by atoms with van der Waals surface area (Å²) >= 11 is 12.8. The molecule has 37 heavy (non-hydrogen) atoms. The first kappa shape index (κ1) is 27.9. The van der Waals surface area contributed by atoms with Gasteiger partial charge in [-0.3, -0.25) is 4.79 Å². The summed E-state index contributed by atoms with van der Waals surface area (Å²) < 4.78 is 0. The van der Waals surface area contributed by atoms with Crippen LogP contribution < -0.4 is 16.0 Å². The van der Waals surface area contributed by atoms with Gasteiger partial charge in [-0.1, -0.05) is 62.2 Å². The Kier molecular flexibility index (Phi) is 7.70. The molecule has 1 amide bonds. The monoisotopic (exact) mass is 545 g/mol. The minimum absolute atomic E-state index is 0.111. The van der Waals surface area contributed by atoms with E-state index in [-0.39, 0.29) is 23.4 Å². The van der Waals surface area contributed by atoms with E-state index in [9.17, 15) is 14.7 Å². The minimum Gasteiger partial charge on any atom is -0.390 e. The van der Waals surface area contributed by atoms with Gasteiger partial charge in [0, 0.05) is 40.8 Å². The van der Waals surface area contributed by atoms with E-state index in [0.29, 0.717) is 29.3 Å². The Balaban J connectivity index is 1.89. The lowest BCUT2D eigenvalue weighted by Gasteiger charge is -2.42. The Hall–Kier alpha value is -2.12. The summed E-state index contributed by atoms with van der Waals surface area (Å²) in [6.45, 7) is 8.16. The van der Waals surface area contributed by atoms with Crippen LogP contribution in [0.2, 0.25) is 10.0 Å². The van der Waals surface area contributed by atoms with Crippen LogP contribution in [0.1, 0.15) is 64.0 Å². The van der Waals surface area contributed by atoms with Gasteiger partial charge in [0.25, 0.3) is 0 Å². The lowest BCUT2D eigenvalue weighted by atomic mass is 9.62. The molecule has 200 valence electrons. The fraction of sp³-hybridized carbons (Fsp3) is 0.517. The third-order valence-electron chi connectivity index (χ3n) is 7.74. The number of aldehydes is 1. The summed E-state index contributed by atoms with van der Waals surface area (Å²) in [4.78, 5) is 27.3. The molecule has 4 N–H and O–H groups in total. The van der Waals surface area contributed by atoms with Crippen LogP contribution in [-0.2, 0) is 15.0 Å². The number of halogens is 2. The molecule has 6 nitrogen and oxygen atoms in total. The molecule has 0 radical (unpaired) electrons. The van der Waals surface area contributed by atoms with Crippen LogP contribution in [-0.4, -0.2) is 48.1 Å². The molecule has 2 aromatic carbocycles. The summed E-state index contributed by atoms with van der Waals surface area (Å²) in [5, 5.41) is 21.2. The number of rotatable bonds is 7. The van der Waals surface area contributed by atoms with E-state index in [1.807, 2.05) is 30.3 Å². The number of carbonyl (C=O) groups is 2. The predicted molar refractivity (Wildman–Crippen MR) is 150 cm³/mol. The molecule has 1 aliphatic heterocycles. The van der Waals surface area contributed by atoms with Crippen molar-refractivity contribution in [3.05, 3.63) is 63.6 Å². The van der Waals surface area contributed by atoms with Gasteiger partial charge in [0.05, 0.1) is 17.1 Å². The van der Waals surface area contributed by atoms with Crippen molar-refractivity contribution in [1.29, 1.82) is 0 Å². The van der Waals surface area contributed by atoms with Gasteiger partial charge in [0.2, 0.25) is 5.91 Å². The topological polar surface area (TPSA) is 90.5 Å². The first-order valence-corrected chi connectivity index (χ1v) is 13.5. The second-order valence-electron chi connectivity index (χ2n) is 12.1. The van der Waals surface area contributed by atoms with Crippen LogP contribution >= 0.6 is 23.2 Å². The fourth-order valence-electron chi connectivity index (χ4n) is 6.25. The van der Waals surface area contributed by atoms with Crippen LogP contribution in [0.4, 0.5) is 5.69 Å². The molecule has 4 atom stereocenters. The Morgan fingerprint density at radius 2 is 1.84 bits per heavy atom. The third-order valence-corrected chi connectivity index (χ3v) is 8.21. The number of carbonyl (C=O) groups excluding carboxylic acids is 2. The molecule has 0 spiro atoms. The highest BCUT2D eigenvalue weighted by Gasteiger charge is 2.60. The summed E-state index contributed by atoms with van der Waals surface area (Å²) in [6.07, 6.45) is 2.65. The zero-order chi connectivity index (χ0) is 27.2. The Morgan fingerprint density at radius 3 is 2.41 bits per heavy atom. The van der Waals surface area contributed by atoms with Gasteiger partial charge < -0.3 is 25.9 Å². The Bertz CT molecular complexity index is 1170. The number of hydrogen-bond donors (Lipinski definition) is 4. The number of nitrogens with one attached hydrogen (secondary N) is 3.